The SMILES string of the molecule is CC1CCC2(CC1)OC1CC3C4CC=C5CC(O)CCC5(C)C4CCC3(C)C1C2C. The van der Waals surface area contributed by atoms with Crippen LogP contribution in [0.15, 0.2) is 11.6 Å². The standard InChI is InChI=1S/C28H44O2/c1-17-7-13-28(14-8-17)18(2)25-24(30-28)16-23-21-6-5-19-15-20(29)9-11-26(19,3)22(21)10-12-27(23,25)4/h5,17-18,20-25,29H,6-16H2,1-4H3. The number of ether oxygens (including phenoxy) is 1. The van der Waals surface area contributed by atoms with Crippen LogP contribution in [0.4, 0.5) is 0 Å². The molecular formula is C28H44O2. The molecule has 0 bridgehead atoms. The molecule has 168 valence electrons. The van der Waals surface area contributed by atoms with Crippen molar-refractivity contribution in [2.24, 2.45) is 46.3 Å². The Bertz CT molecular complexity index is 733. The van der Waals surface area contributed by atoms with Gasteiger partial charge in [-0.2, -0.15) is 0 Å². The number of allylic oxidation sites excluding steroid dienone is 1. The first-order valence-corrected chi connectivity index (χ1v) is 13.3. The van der Waals surface area contributed by atoms with Crippen LogP contribution in [-0.2, 0) is 4.74 Å². The normalized spacial score (nSPS) is 59.8. The molecule has 5 fully saturated rings. The maximum Gasteiger partial charge on any atom is 0.0715 e. The second kappa shape index (κ2) is 6.60. The maximum atomic E-state index is 10.3. The summed E-state index contributed by atoms with van der Waals surface area (Å²) in [7, 11) is 0. The van der Waals surface area contributed by atoms with Gasteiger partial charge in [0.25, 0.3) is 0 Å². The zero-order valence-electron chi connectivity index (χ0n) is 19.8. The van der Waals surface area contributed by atoms with Crippen molar-refractivity contribution in [3.8, 4) is 0 Å². The lowest BCUT2D eigenvalue weighted by atomic mass is 9.46. The summed E-state index contributed by atoms with van der Waals surface area (Å²) in [4.78, 5) is 0. The predicted octanol–water partition coefficient (Wildman–Crippen LogP) is 6.52. The Hall–Kier alpha value is -0.340. The molecule has 1 saturated heterocycles. The molecule has 5 aliphatic carbocycles. The number of rotatable bonds is 0. The minimum Gasteiger partial charge on any atom is -0.393 e. The van der Waals surface area contributed by atoms with Gasteiger partial charge in [0.05, 0.1) is 17.8 Å². The molecule has 9 atom stereocenters. The lowest BCUT2D eigenvalue weighted by Crippen LogP contribution is -2.52. The van der Waals surface area contributed by atoms with Crippen LogP contribution in [0, 0.1) is 46.3 Å². The average Bonchev–Trinajstić information content (AvgIpc) is 3.16. The van der Waals surface area contributed by atoms with E-state index in [1.807, 2.05) is 0 Å². The van der Waals surface area contributed by atoms with Crippen molar-refractivity contribution in [1.82, 2.24) is 0 Å². The van der Waals surface area contributed by atoms with Crippen molar-refractivity contribution in [2.75, 3.05) is 0 Å². The molecule has 0 aromatic carbocycles. The number of fused-ring (bicyclic) bond motifs is 7. The van der Waals surface area contributed by atoms with Crippen LogP contribution in [0.1, 0.15) is 98.3 Å². The van der Waals surface area contributed by atoms with Gasteiger partial charge in [0.1, 0.15) is 0 Å². The monoisotopic (exact) mass is 412 g/mol. The Balaban J connectivity index is 1.28. The van der Waals surface area contributed by atoms with Gasteiger partial charge in [-0.25, -0.2) is 0 Å². The van der Waals surface area contributed by atoms with Crippen molar-refractivity contribution in [3.05, 3.63) is 11.6 Å². The van der Waals surface area contributed by atoms with E-state index in [0.29, 0.717) is 16.9 Å². The van der Waals surface area contributed by atoms with E-state index < -0.39 is 0 Å². The summed E-state index contributed by atoms with van der Waals surface area (Å²) in [6, 6.07) is 0. The van der Waals surface area contributed by atoms with Crippen molar-refractivity contribution in [3.63, 3.8) is 0 Å². The van der Waals surface area contributed by atoms with Crippen LogP contribution in [0.25, 0.3) is 0 Å². The van der Waals surface area contributed by atoms with Gasteiger partial charge in [-0.05, 0) is 117 Å². The third kappa shape index (κ3) is 2.56. The highest BCUT2D eigenvalue weighted by atomic mass is 16.5. The van der Waals surface area contributed by atoms with E-state index in [2.05, 4.69) is 33.8 Å². The molecule has 30 heavy (non-hydrogen) atoms. The lowest BCUT2D eigenvalue weighted by molar-refractivity contribution is -0.101. The van der Waals surface area contributed by atoms with Crippen LogP contribution in [0.5, 0.6) is 0 Å². The Morgan fingerprint density at radius 2 is 1.73 bits per heavy atom. The summed E-state index contributed by atoms with van der Waals surface area (Å²) in [5, 5.41) is 10.3. The molecule has 1 heterocycles. The van der Waals surface area contributed by atoms with Gasteiger partial charge >= 0.3 is 0 Å². The number of aliphatic hydroxyl groups excluding tert-OH is 1. The summed E-state index contributed by atoms with van der Waals surface area (Å²) in [6.45, 7) is 10.2. The van der Waals surface area contributed by atoms with E-state index >= 15 is 0 Å². The fourth-order valence-corrected chi connectivity index (χ4v) is 10.2. The van der Waals surface area contributed by atoms with Gasteiger partial charge in [0, 0.05) is 0 Å². The molecule has 0 amide bonds. The summed E-state index contributed by atoms with van der Waals surface area (Å²) in [5.74, 6) is 4.93. The lowest BCUT2D eigenvalue weighted by Gasteiger charge is -2.58. The highest BCUT2D eigenvalue weighted by Gasteiger charge is 2.67. The minimum atomic E-state index is -0.0933. The molecule has 4 saturated carbocycles. The minimum absolute atomic E-state index is 0.0933. The topological polar surface area (TPSA) is 29.5 Å². The Labute approximate surface area is 184 Å². The van der Waals surface area contributed by atoms with Crippen molar-refractivity contribution in [1.29, 1.82) is 0 Å². The fourth-order valence-electron chi connectivity index (χ4n) is 10.2. The molecule has 1 aliphatic heterocycles. The maximum absolute atomic E-state index is 10.3. The van der Waals surface area contributed by atoms with Crippen molar-refractivity contribution >= 4 is 0 Å². The Morgan fingerprint density at radius 1 is 0.967 bits per heavy atom. The summed E-state index contributed by atoms with van der Waals surface area (Å²) in [5.41, 5.74) is 2.64. The summed E-state index contributed by atoms with van der Waals surface area (Å²) >= 11 is 0. The van der Waals surface area contributed by atoms with Crippen LogP contribution in [-0.4, -0.2) is 22.9 Å². The quantitative estimate of drug-likeness (QED) is 0.459. The summed E-state index contributed by atoms with van der Waals surface area (Å²) < 4.78 is 7.11. The molecule has 6 aliphatic rings. The Kier molecular flexibility index (Phi) is 4.46. The third-order valence-electron chi connectivity index (χ3n) is 12.0. The van der Waals surface area contributed by atoms with Crippen LogP contribution in [0.2, 0.25) is 0 Å². The highest BCUT2D eigenvalue weighted by molar-refractivity contribution is 5.26. The van der Waals surface area contributed by atoms with Gasteiger partial charge in [0.15, 0.2) is 0 Å². The van der Waals surface area contributed by atoms with Crippen LogP contribution in [0.3, 0.4) is 0 Å². The highest BCUT2D eigenvalue weighted by Crippen LogP contribution is 2.71. The molecule has 1 spiro atoms. The molecule has 2 nitrogen and oxygen atoms in total. The zero-order chi connectivity index (χ0) is 20.9. The molecular weight excluding hydrogens is 368 g/mol. The molecule has 9 unspecified atom stereocenters. The van der Waals surface area contributed by atoms with Crippen molar-refractivity contribution < 1.29 is 9.84 Å². The molecule has 2 heteroatoms. The molecule has 6 rings (SSSR count). The van der Waals surface area contributed by atoms with Crippen molar-refractivity contribution in [2.45, 2.75) is 116 Å². The molecule has 0 aromatic rings. The van der Waals surface area contributed by atoms with Crippen LogP contribution < -0.4 is 0 Å². The van der Waals surface area contributed by atoms with E-state index in [4.69, 9.17) is 4.74 Å². The van der Waals surface area contributed by atoms with Gasteiger partial charge in [-0.15, -0.1) is 0 Å². The largest absolute Gasteiger partial charge is 0.393 e. The smallest absolute Gasteiger partial charge is 0.0715 e. The van der Waals surface area contributed by atoms with Gasteiger partial charge in [0.2, 0.25) is 0 Å². The first-order valence-electron chi connectivity index (χ1n) is 13.3. The zero-order valence-corrected chi connectivity index (χ0v) is 19.8. The second-order valence-corrected chi connectivity index (χ2v) is 13.2. The van der Waals surface area contributed by atoms with E-state index in [1.54, 1.807) is 5.57 Å². The van der Waals surface area contributed by atoms with Gasteiger partial charge < -0.3 is 9.84 Å². The first-order chi connectivity index (χ1) is 14.3. The molecule has 0 radical (unpaired) electrons. The van der Waals surface area contributed by atoms with E-state index in [0.717, 1.165) is 48.3 Å². The van der Waals surface area contributed by atoms with Crippen LogP contribution >= 0.6 is 0 Å². The number of hydrogen-bond donors (Lipinski definition) is 1. The summed E-state index contributed by atoms with van der Waals surface area (Å²) in [6.07, 6.45) is 16.9. The molecule has 1 N–H and O–H groups in total. The first kappa shape index (κ1) is 20.3. The third-order valence-corrected chi connectivity index (χ3v) is 12.0. The van der Waals surface area contributed by atoms with Gasteiger partial charge in [-0.1, -0.05) is 39.3 Å². The fraction of sp³-hybridized carbons (Fsp3) is 0.929. The van der Waals surface area contributed by atoms with E-state index in [9.17, 15) is 5.11 Å². The molecule has 0 aromatic heterocycles. The predicted molar refractivity (Wildman–Crippen MR) is 121 cm³/mol. The average molecular weight is 413 g/mol. The number of hydrogen-bond acceptors (Lipinski definition) is 2. The van der Waals surface area contributed by atoms with E-state index in [1.165, 1.54) is 57.8 Å². The van der Waals surface area contributed by atoms with E-state index in [-0.39, 0.29) is 11.7 Å². The van der Waals surface area contributed by atoms with Gasteiger partial charge in [-0.3, -0.25) is 0 Å². The number of aliphatic hydroxyl groups is 1. The second-order valence-electron chi connectivity index (χ2n) is 13.2. The Morgan fingerprint density at radius 3 is 2.50 bits per heavy atom.